The predicted octanol–water partition coefficient (Wildman–Crippen LogP) is 2.31. The quantitative estimate of drug-likeness (QED) is 0.544. The van der Waals surface area contributed by atoms with Gasteiger partial charge in [0.25, 0.3) is 0 Å². The van der Waals surface area contributed by atoms with Crippen molar-refractivity contribution in [3.05, 3.63) is 11.6 Å². The van der Waals surface area contributed by atoms with E-state index in [9.17, 15) is 4.79 Å². The minimum Gasteiger partial charge on any atom is -0.355 e. The van der Waals surface area contributed by atoms with Gasteiger partial charge in [0, 0.05) is 6.54 Å². The Morgan fingerprint density at radius 1 is 1.64 bits per heavy atom. The number of hydrogen-bond acceptors (Lipinski definition) is 2. The van der Waals surface area contributed by atoms with Crippen LogP contribution in [0.1, 0.15) is 39.0 Å². The van der Waals surface area contributed by atoms with Crippen molar-refractivity contribution in [3.63, 3.8) is 0 Å². The van der Waals surface area contributed by atoms with Gasteiger partial charge >= 0.3 is 0 Å². The molecule has 1 atom stereocenters. The van der Waals surface area contributed by atoms with Crippen LogP contribution in [0, 0.1) is 0 Å². The SMILES string of the molecule is CC(S)C(=O)NCCC1=CCCCC1. The zero-order valence-corrected chi connectivity index (χ0v) is 9.65. The van der Waals surface area contributed by atoms with Crippen LogP contribution in [0.2, 0.25) is 0 Å². The number of carbonyl (C=O) groups excluding carboxylic acids is 1. The lowest BCUT2D eigenvalue weighted by molar-refractivity contribution is -0.120. The van der Waals surface area contributed by atoms with E-state index in [1.54, 1.807) is 6.92 Å². The van der Waals surface area contributed by atoms with E-state index in [-0.39, 0.29) is 11.2 Å². The Bertz CT molecular complexity index is 223. The summed E-state index contributed by atoms with van der Waals surface area (Å²) in [4.78, 5) is 11.2. The minimum absolute atomic E-state index is 0.0322. The zero-order chi connectivity index (χ0) is 10.4. The van der Waals surface area contributed by atoms with Gasteiger partial charge in [0.05, 0.1) is 5.25 Å². The molecule has 1 N–H and O–H groups in total. The Morgan fingerprint density at radius 2 is 2.43 bits per heavy atom. The molecule has 0 aromatic heterocycles. The van der Waals surface area contributed by atoms with Crippen LogP contribution in [0.15, 0.2) is 11.6 Å². The number of thiol groups is 1. The second kappa shape index (κ2) is 6.12. The Kier molecular flexibility index (Phi) is 5.09. The number of rotatable bonds is 4. The van der Waals surface area contributed by atoms with Crippen molar-refractivity contribution in [2.75, 3.05) is 6.54 Å². The van der Waals surface area contributed by atoms with Gasteiger partial charge in [-0.15, -0.1) is 0 Å². The monoisotopic (exact) mass is 213 g/mol. The van der Waals surface area contributed by atoms with E-state index in [0.29, 0.717) is 0 Å². The molecular formula is C11H19NOS. The fourth-order valence-corrected chi connectivity index (χ4v) is 1.72. The molecule has 0 saturated heterocycles. The Morgan fingerprint density at radius 3 is 3.00 bits per heavy atom. The smallest absolute Gasteiger partial charge is 0.232 e. The second-order valence-corrected chi connectivity index (χ2v) is 4.60. The number of hydrogen-bond donors (Lipinski definition) is 2. The molecule has 1 amide bonds. The van der Waals surface area contributed by atoms with E-state index in [1.165, 1.54) is 31.3 Å². The molecule has 1 rings (SSSR count). The lowest BCUT2D eigenvalue weighted by Gasteiger charge is -2.13. The van der Waals surface area contributed by atoms with Crippen molar-refractivity contribution in [2.24, 2.45) is 0 Å². The van der Waals surface area contributed by atoms with Crippen LogP contribution in [-0.4, -0.2) is 17.7 Å². The molecule has 2 nitrogen and oxygen atoms in total. The average molecular weight is 213 g/mol. The first-order chi connectivity index (χ1) is 6.70. The third-order valence-corrected chi connectivity index (χ3v) is 2.74. The first-order valence-electron chi connectivity index (χ1n) is 5.34. The van der Waals surface area contributed by atoms with Gasteiger partial charge in [0.2, 0.25) is 5.91 Å². The highest BCUT2D eigenvalue weighted by atomic mass is 32.1. The van der Waals surface area contributed by atoms with Crippen LogP contribution < -0.4 is 5.32 Å². The van der Waals surface area contributed by atoms with Gasteiger partial charge in [-0.25, -0.2) is 0 Å². The van der Waals surface area contributed by atoms with Crippen LogP contribution in [0.25, 0.3) is 0 Å². The number of carbonyl (C=O) groups is 1. The fourth-order valence-electron chi connectivity index (χ4n) is 1.63. The number of allylic oxidation sites excluding steroid dienone is 1. The maximum absolute atomic E-state index is 11.2. The fraction of sp³-hybridized carbons (Fsp3) is 0.727. The Labute approximate surface area is 91.6 Å². The molecule has 0 aromatic rings. The molecule has 0 fully saturated rings. The molecule has 0 bridgehead atoms. The van der Waals surface area contributed by atoms with Crippen LogP contribution in [0.4, 0.5) is 0 Å². The summed E-state index contributed by atoms with van der Waals surface area (Å²) in [6.45, 7) is 2.55. The largest absolute Gasteiger partial charge is 0.355 e. The van der Waals surface area contributed by atoms with E-state index in [4.69, 9.17) is 0 Å². The van der Waals surface area contributed by atoms with E-state index in [1.807, 2.05) is 0 Å². The molecule has 0 heterocycles. The highest BCUT2D eigenvalue weighted by Crippen LogP contribution is 2.19. The van der Waals surface area contributed by atoms with Gasteiger partial charge in [-0.2, -0.15) is 12.6 Å². The van der Waals surface area contributed by atoms with Gasteiger partial charge in [0.15, 0.2) is 0 Å². The van der Waals surface area contributed by atoms with Crippen molar-refractivity contribution in [2.45, 2.75) is 44.3 Å². The predicted molar refractivity (Wildman–Crippen MR) is 62.6 cm³/mol. The molecule has 1 unspecified atom stereocenters. The summed E-state index contributed by atoms with van der Waals surface area (Å²) < 4.78 is 0. The van der Waals surface area contributed by atoms with E-state index >= 15 is 0 Å². The van der Waals surface area contributed by atoms with Gasteiger partial charge in [0.1, 0.15) is 0 Å². The summed E-state index contributed by atoms with van der Waals surface area (Å²) in [6, 6.07) is 0. The Balaban J connectivity index is 2.14. The molecule has 1 aliphatic carbocycles. The van der Waals surface area contributed by atoms with Crippen molar-refractivity contribution in [1.82, 2.24) is 5.32 Å². The average Bonchev–Trinajstić information content (AvgIpc) is 2.19. The summed E-state index contributed by atoms with van der Waals surface area (Å²) in [5.74, 6) is 0.0322. The van der Waals surface area contributed by atoms with Gasteiger partial charge in [-0.05, 0) is 39.0 Å². The summed E-state index contributed by atoms with van der Waals surface area (Å²) >= 11 is 4.07. The molecule has 0 aromatic carbocycles. The van der Waals surface area contributed by atoms with Gasteiger partial charge < -0.3 is 5.32 Å². The maximum Gasteiger partial charge on any atom is 0.232 e. The van der Waals surface area contributed by atoms with Gasteiger partial charge in [-0.3, -0.25) is 4.79 Å². The highest BCUT2D eigenvalue weighted by molar-refractivity contribution is 7.81. The number of nitrogens with one attached hydrogen (secondary N) is 1. The van der Waals surface area contributed by atoms with Crippen LogP contribution in [-0.2, 0) is 4.79 Å². The van der Waals surface area contributed by atoms with E-state index < -0.39 is 0 Å². The Hall–Kier alpha value is -0.440. The van der Waals surface area contributed by atoms with Crippen LogP contribution in [0.5, 0.6) is 0 Å². The molecule has 80 valence electrons. The third kappa shape index (κ3) is 4.18. The molecule has 0 saturated carbocycles. The lowest BCUT2D eigenvalue weighted by atomic mass is 9.97. The van der Waals surface area contributed by atoms with E-state index in [0.717, 1.165) is 13.0 Å². The first-order valence-corrected chi connectivity index (χ1v) is 5.85. The van der Waals surface area contributed by atoms with E-state index in [2.05, 4.69) is 24.0 Å². The van der Waals surface area contributed by atoms with Crippen molar-refractivity contribution < 1.29 is 4.79 Å². The third-order valence-electron chi connectivity index (χ3n) is 2.51. The summed E-state index contributed by atoms with van der Waals surface area (Å²) in [5, 5.41) is 2.67. The molecule has 1 aliphatic rings. The molecule has 14 heavy (non-hydrogen) atoms. The second-order valence-electron chi connectivity index (χ2n) is 3.83. The summed E-state index contributed by atoms with van der Waals surface area (Å²) in [5.41, 5.74) is 1.50. The number of amides is 1. The molecule has 0 spiro atoms. The normalized spacial score (nSPS) is 18.6. The maximum atomic E-state index is 11.2. The molecule has 3 heteroatoms. The zero-order valence-electron chi connectivity index (χ0n) is 8.75. The summed E-state index contributed by atoms with van der Waals surface area (Å²) in [7, 11) is 0. The van der Waals surface area contributed by atoms with Crippen LogP contribution >= 0.6 is 12.6 Å². The lowest BCUT2D eigenvalue weighted by Crippen LogP contribution is -2.30. The molecular weight excluding hydrogens is 194 g/mol. The van der Waals surface area contributed by atoms with Crippen molar-refractivity contribution in [1.29, 1.82) is 0 Å². The van der Waals surface area contributed by atoms with Crippen molar-refractivity contribution >= 4 is 18.5 Å². The molecule has 0 aliphatic heterocycles. The molecule has 0 radical (unpaired) electrons. The van der Waals surface area contributed by atoms with Crippen molar-refractivity contribution in [3.8, 4) is 0 Å². The minimum atomic E-state index is -0.199. The first kappa shape index (κ1) is 11.6. The summed E-state index contributed by atoms with van der Waals surface area (Å²) in [6.07, 6.45) is 8.39. The topological polar surface area (TPSA) is 29.1 Å². The van der Waals surface area contributed by atoms with Crippen LogP contribution in [0.3, 0.4) is 0 Å². The van der Waals surface area contributed by atoms with Gasteiger partial charge in [-0.1, -0.05) is 11.6 Å². The highest BCUT2D eigenvalue weighted by Gasteiger charge is 2.07. The standard InChI is InChI=1S/C11H19NOS/c1-9(14)11(13)12-8-7-10-5-3-2-4-6-10/h5,9,14H,2-4,6-8H2,1H3,(H,12,13).